The highest BCUT2D eigenvalue weighted by Crippen LogP contribution is 2.33. The minimum atomic E-state index is -0.130. The third-order valence-electron chi connectivity index (χ3n) is 5.01. The van der Waals surface area contributed by atoms with Gasteiger partial charge in [0.25, 0.3) is 0 Å². The van der Waals surface area contributed by atoms with Gasteiger partial charge in [0.05, 0.1) is 11.4 Å². The number of carbonyl (C=O) groups is 2. The Morgan fingerprint density at radius 3 is 2.42 bits per heavy atom. The zero-order valence-corrected chi connectivity index (χ0v) is 18.4. The first-order valence-corrected chi connectivity index (χ1v) is 10.8. The second-order valence-electron chi connectivity index (χ2n) is 7.68. The molecular formula is C25H30N4O2. The maximum atomic E-state index is 12.8. The maximum Gasteiger partial charge on any atom is 0.225 e. The van der Waals surface area contributed by atoms with Crippen LogP contribution < -0.4 is 10.6 Å². The van der Waals surface area contributed by atoms with Crippen molar-refractivity contribution in [2.24, 2.45) is 0 Å². The van der Waals surface area contributed by atoms with E-state index in [-0.39, 0.29) is 18.2 Å². The Balaban J connectivity index is 1.85. The number of nitrogens with zero attached hydrogens (tertiary/aromatic N) is 2. The van der Waals surface area contributed by atoms with Gasteiger partial charge in [-0.1, -0.05) is 49.4 Å². The van der Waals surface area contributed by atoms with Crippen LogP contribution in [0.1, 0.15) is 43.9 Å². The highest BCUT2D eigenvalue weighted by atomic mass is 16.2. The average Bonchev–Trinajstić information content (AvgIpc) is 3.08. The molecule has 0 aliphatic heterocycles. The fraction of sp³-hybridized carbons (Fsp3) is 0.320. The van der Waals surface area contributed by atoms with E-state index in [2.05, 4.69) is 10.6 Å². The standard InChI is InChI=1S/C25H30N4O2/c1-4-16-26-22(30)14-9-15-23(31)27-25-24(20-11-6-5-7-12-20)19(3)28-29(25)21-13-8-10-18(2)17-21/h5-8,10-13,17H,4,9,14-16H2,1-3H3,(H,26,30)(H,27,31). The lowest BCUT2D eigenvalue weighted by Crippen LogP contribution is -2.24. The van der Waals surface area contributed by atoms with Crippen molar-refractivity contribution in [3.05, 3.63) is 65.9 Å². The molecular weight excluding hydrogens is 388 g/mol. The average molecular weight is 419 g/mol. The lowest BCUT2D eigenvalue weighted by molar-refractivity contribution is -0.121. The molecule has 2 N–H and O–H groups in total. The van der Waals surface area contributed by atoms with E-state index in [1.54, 1.807) is 4.68 Å². The summed E-state index contributed by atoms with van der Waals surface area (Å²) in [5.41, 5.74) is 4.73. The fourth-order valence-electron chi connectivity index (χ4n) is 3.50. The maximum absolute atomic E-state index is 12.8. The third-order valence-corrected chi connectivity index (χ3v) is 5.01. The van der Waals surface area contributed by atoms with E-state index >= 15 is 0 Å². The van der Waals surface area contributed by atoms with Gasteiger partial charge in [0.2, 0.25) is 11.8 Å². The van der Waals surface area contributed by atoms with E-state index in [0.717, 1.165) is 34.5 Å². The minimum absolute atomic E-state index is 0.0136. The Kier molecular flexibility index (Phi) is 7.60. The molecule has 0 atom stereocenters. The van der Waals surface area contributed by atoms with E-state index < -0.39 is 0 Å². The number of nitrogens with one attached hydrogen (secondary N) is 2. The van der Waals surface area contributed by atoms with Gasteiger partial charge >= 0.3 is 0 Å². The Morgan fingerprint density at radius 1 is 0.968 bits per heavy atom. The van der Waals surface area contributed by atoms with Crippen molar-refractivity contribution >= 4 is 17.6 Å². The van der Waals surface area contributed by atoms with Crippen molar-refractivity contribution in [3.63, 3.8) is 0 Å². The SMILES string of the molecule is CCCNC(=O)CCCC(=O)Nc1c(-c2ccccc2)c(C)nn1-c1cccc(C)c1. The Morgan fingerprint density at radius 2 is 1.71 bits per heavy atom. The van der Waals surface area contributed by atoms with Gasteiger partial charge in [0, 0.05) is 24.9 Å². The molecule has 3 aromatic rings. The van der Waals surface area contributed by atoms with Crippen molar-refractivity contribution in [2.75, 3.05) is 11.9 Å². The van der Waals surface area contributed by atoms with Crippen LogP contribution >= 0.6 is 0 Å². The smallest absolute Gasteiger partial charge is 0.225 e. The molecule has 0 aliphatic rings. The van der Waals surface area contributed by atoms with Gasteiger partial charge in [0.15, 0.2) is 0 Å². The Hall–Kier alpha value is -3.41. The summed E-state index contributed by atoms with van der Waals surface area (Å²) < 4.78 is 1.79. The normalized spacial score (nSPS) is 10.7. The second-order valence-corrected chi connectivity index (χ2v) is 7.68. The molecule has 0 radical (unpaired) electrons. The third kappa shape index (κ3) is 5.81. The Labute approximate surface area is 183 Å². The van der Waals surface area contributed by atoms with Gasteiger partial charge in [-0.2, -0.15) is 5.10 Å². The number of rotatable bonds is 9. The molecule has 3 rings (SSSR count). The van der Waals surface area contributed by atoms with Crippen LogP contribution in [0.2, 0.25) is 0 Å². The predicted molar refractivity (Wildman–Crippen MR) is 124 cm³/mol. The van der Waals surface area contributed by atoms with Crippen LogP contribution in [0.5, 0.6) is 0 Å². The van der Waals surface area contributed by atoms with Crippen molar-refractivity contribution in [1.29, 1.82) is 0 Å². The molecule has 31 heavy (non-hydrogen) atoms. The predicted octanol–water partition coefficient (Wildman–Crippen LogP) is 4.79. The lowest BCUT2D eigenvalue weighted by Gasteiger charge is -2.12. The molecule has 0 saturated carbocycles. The van der Waals surface area contributed by atoms with Crippen LogP contribution in [0.4, 0.5) is 5.82 Å². The summed E-state index contributed by atoms with van der Waals surface area (Å²) in [5.74, 6) is 0.504. The highest BCUT2D eigenvalue weighted by molar-refractivity contribution is 5.95. The number of aryl methyl sites for hydroxylation is 2. The number of hydrogen-bond acceptors (Lipinski definition) is 3. The second kappa shape index (κ2) is 10.6. The van der Waals surface area contributed by atoms with Gasteiger partial charge in [-0.3, -0.25) is 9.59 Å². The summed E-state index contributed by atoms with van der Waals surface area (Å²) in [7, 11) is 0. The first kappa shape index (κ1) is 22.3. The molecule has 2 aromatic carbocycles. The molecule has 0 saturated heterocycles. The van der Waals surface area contributed by atoms with Crippen LogP contribution in [0, 0.1) is 13.8 Å². The summed E-state index contributed by atoms with van der Waals surface area (Å²) in [4.78, 5) is 24.6. The van der Waals surface area contributed by atoms with Crippen LogP contribution in [0.25, 0.3) is 16.8 Å². The lowest BCUT2D eigenvalue weighted by atomic mass is 10.1. The van der Waals surface area contributed by atoms with Crippen molar-refractivity contribution in [1.82, 2.24) is 15.1 Å². The van der Waals surface area contributed by atoms with Gasteiger partial charge < -0.3 is 10.6 Å². The number of anilines is 1. The minimum Gasteiger partial charge on any atom is -0.356 e. The highest BCUT2D eigenvalue weighted by Gasteiger charge is 2.20. The summed E-state index contributed by atoms with van der Waals surface area (Å²) >= 11 is 0. The number of hydrogen-bond donors (Lipinski definition) is 2. The van der Waals surface area contributed by atoms with Gasteiger partial charge in [-0.25, -0.2) is 4.68 Å². The molecule has 2 amide bonds. The molecule has 1 heterocycles. The zero-order chi connectivity index (χ0) is 22.2. The van der Waals surface area contributed by atoms with Crippen molar-refractivity contribution in [3.8, 4) is 16.8 Å². The summed E-state index contributed by atoms with van der Waals surface area (Å²) in [6.45, 7) is 6.65. The van der Waals surface area contributed by atoms with Gasteiger partial charge in [-0.05, 0) is 49.9 Å². The molecule has 0 bridgehead atoms. The van der Waals surface area contributed by atoms with E-state index in [1.807, 2.05) is 75.4 Å². The van der Waals surface area contributed by atoms with E-state index in [0.29, 0.717) is 25.2 Å². The Bertz CT molecular complexity index is 1040. The number of aromatic nitrogens is 2. The molecule has 0 fully saturated rings. The van der Waals surface area contributed by atoms with Gasteiger partial charge in [-0.15, -0.1) is 0 Å². The molecule has 0 unspecified atom stereocenters. The molecule has 162 valence electrons. The van der Waals surface area contributed by atoms with Gasteiger partial charge in [0.1, 0.15) is 5.82 Å². The molecule has 1 aromatic heterocycles. The summed E-state index contributed by atoms with van der Waals surface area (Å²) in [6.07, 6.45) is 2.01. The van der Waals surface area contributed by atoms with Crippen LogP contribution in [0.15, 0.2) is 54.6 Å². The topological polar surface area (TPSA) is 76.0 Å². The molecule has 6 heteroatoms. The van der Waals surface area contributed by atoms with E-state index in [9.17, 15) is 9.59 Å². The monoisotopic (exact) mass is 418 g/mol. The molecule has 0 aliphatic carbocycles. The zero-order valence-electron chi connectivity index (χ0n) is 18.4. The first-order valence-electron chi connectivity index (χ1n) is 10.8. The fourth-order valence-corrected chi connectivity index (χ4v) is 3.50. The van der Waals surface area contributed by atoms with E-state index in [1.165, 1.54) is 0 Å². The number of amides is 2. The van der Waals surface area contributed by atoms with Crippen LogP contribution in [0.3, 0.4) is 0 Å². The first-order chi connectivity index (χ1) is 15.0. The number of benzene rings is 2. The van der Waals surface area contributed by atoms with Crippen molar-refractivity contribution < 1.29 is 9.59 Å². The summed E-state index contributed by atoms with van der Waals surface area (Å²) in [5, 5.41) is 10.6. The quantitative estimate of drug-likeness (QED) is 0.524. The largest absolute Gasteiger partial charge is 0.356 e. The van der Waals surface area contributed by atoms with Crippen LogP contribution in [-0.4, -0.2) is 28.1 Å². The van der Waals surface area contributed by atoms with Crippen molar-refractivity contribution in [2.45, 2.75) is 46.5 Å². The summed E-state index contributed by atoms with van der Waals surface area (Å²) in [6, 6.07) is 17.9. The number of carbonyl (C=O) groups excluding carboxylic acids is 2. The van der Waals surface area contributed by atoms with Crippen LogP contribution in [-0.2, 0) is 9.59 Å². The van der Waals surface area contributed by atoms with E-state index in [4.69, 9.17) is 5.10 Å². The molecule has 6 nitrogen and oxygen atoms in total. The molecule has 0 spiro atoms.